The minimum Gasteiger partial charge on any atom is -0.460 e. The predicted molar refractivity (Wildman–Crippen MR) is 131 cm³/mol. The van der Waals surface area contributed by atoms with Gasteiger partial charge in [-0.05, 0) is 61.4 Å². The van der Waals surface area contributed by atoms with E-state index in [0.29, 0.717) is 42.3 Å². The van der Waals surface area contributed by atoms with Crippen LogP contribution in [-0.4, -0.2) is 57.3 Å². The molecule has 0 heterocycles. The van der Waals surface area contributed by atoms with Crippen molar-refractivity contribution in [3.05, 3.63) is 48.5 Å². The lowest BCUT2D eigenvalue weighted by Crippen LogP contribution is -2.38. The van der Waals surface area contributed by atoms with Crippen molar-refractivity contribution in [2.24, 2.45) is 10.2 Å². The number of likely N-dealkylation sites (N-methyl/N-ethyl adjacent to an activating group) is 1. The van der Waals surface area contributed by atoms with Gasteiger partial charge in [-0.2, -0.15) is 10.2 Å². The smallest absolute Gasteiger partial charge is 0.319 e. The number of ether oxygens (including phenoxy) is 1. The zero-order valence-corrected chi connectivity index (χ0v) is 19.7. The van der Waals surface area contributed by atoms with Crippen LogP contribution in [0.3, 0.4) is 0 Å². The Labute approximate surface area is 195 Å². The fourth-order valence-electron chi connectivity index (χ4n) is 2.72. The number of nitrogens with two attached hydrogens (primary N) is 1. The van der Waals surface area contributed by atoms with E-state index < -0.39 is 0 Å². The molecular formula is C24H35N6O3+. The molecule has 0 bridgehead atoms. The molecule has 9 heteroatoms. The number of azo groups is 1. The van der Waals surface area contributed by atoms with Crippen LogP contribution in [-0.2, 0) is 9.53 Å². The van der Waals surface area contributed by atoms with Crippen molar-refractivity contribution in [1.82, 2.24) is 5.32 Å². The highest BCUT2D eigenvalue weighted by molar-refractivity contribution is 5.89. The van der Waals surface area contributed by atoms with Crippen LogP contribution >= 0.6 is 0 Å². The van der Waals surface area contributed by atoms with E-state index in [9.17, 15) is 9.59 Å². The normalized spacial score (nSPS) is 11.4. The number of unbranched alkanes of at least 4 members (excludes halogenated alkanes) is 2. The number of urea groups is 1. The second kappa shape index (κ2) is 13.2. The van der Waals surface area contributed by atoms with Gasteiger partial charge in [-0.3, -0.25) is 4.79 Å². The van der Waals surface area contributed by atoms with Gasteiger partial charge in [0.05, 0.1) is 32.5 Å². The first kappa shape index (κ1) is 25.8. The van der Waals surface area contributed by atoms with E-state index in [4.69, 9.17) is 10.5 Å². The molecule has 2 aromatic rings. The maximum Gasteiger partial charge on any atom is 0.319 e. The number of esters is 1. The van der Waals surface area contributed by atoms with Gasteiger partial charge in [0.15, 0.2) is 0 Å². The van der Waals surface area contributed by atoms with Crippen LogP contribution in [0, 0.1) is 0 Å². The Bertz CT molecular complexity index is 905. The van der Waals surface area contributed by atoms with Gasteiger partial charge in [0, 0.05) is 24.3 Å². The van der Waals surface area contributed by atoms with Crippen LogP contribution in [0.25, 0.3) is 0 Å². The Morgan fingerprint density at radius 3 is 2.12 bits per heavy atom. The number of anilines is 2. The van der Waals surface area contributed by atoms with Crippen molar-refractivity contribution in [1.29, 1.82) is 0 Å². The lowest BCUT2D eigenvalue weighted by molar-refractivity contribution is -0.870. The van der Waals surface area contributed by atoms with Crippen LogP contribution in [0.1, 0.15) is 25.7 Å². The van der Waals surface area contributed by atoms with Gasteiger partial charge in [0.2, 0.25) is 0 Å². The number of carbonyl (C=O) groups is 2. The molecule has 0 aliphatic rings. The Hall–Kier alpha value is -3.46. The van der Waals surface area contributed by atoms with E-state index in [-0.39, 0.29) is 12.0 Å². The highest BCUT2D eigenvalue weighted by atomic mass is 16.5. The van der Waals surface area contributed by atoms with Gasteiger partial charge in [0.1, 0.15) is 13.2 Å². The third-order valence-electron chi connectivity index (χ3n) is 4.67. The molecule has 0 saturated carbocycles. The molecule has 0 radical (unpaired) electrons. The number of rotatable bonds is 12. The Morgan fingerprint density at radius 2 is 1.52 bits per heavy atom. The molecule has 0 aliphatic carbocycles. The Balaban J connectivity index is 1.58. The third kappa shape index (κ3) is 11.6. The van der Waals surface area contributed by atoms with Crippen molar-refractivity contribution < 1.29 is 18.8 Å². The highest BCUT2D eigenvalue weighted by Crippen LogP contribution is 2.21. The number of hydrogen-bond donors (Lipinski definition) is 3. The monoisotopic (exact) mass is 455 g/mol. The van der Waals surface area contributed by atoms with Gasteiger partial charge >= 0.3 is 12.0 Å². The first-order chi connectivity index (χ1) is 15.7. The number of amides is 2. The summed E-state index contributed by atoms with van der Waals surface area (Å²) in [4.78, 5) is 23.7. The molecule has 0 atom stereocenters. The molecule has 33 heavy (non-hydrogen) atoms. The lowest BCUT2D eigenvalue weighted by Gasteiger charge is -2.23. The summed E-state index contributed by atoms with van der Waals surface area (Å²) in [6, 6.07) is 13.9. The lowest BCUT2D eigenvalue weighted by atomic mass is 10.2. The molecule has 0 spiro atoms. The molecule has 2 amide bonds. The van der Waals surface area contributed by atoms with Gasteiger partial charge in [0.25, 0.3) is 0 Å². The molecule has 0 aromatic heterocycles. The second-order valence-corrected chi connectivity index (χ2v) is 8.76. The number of nitrogens with one attached hydrogen (secondary N) is 2. The fraction of sp³-hybridized carbons (Fsp3) is 0.417. The quantitative estimate of drug-likeness (QED) is 0.142. The van der Waals surface area contributed by atoms with E-state index in [0.717, 1.165) is 30.3 Å². The summed E-state index contributed by atoms with van der Waals surface area (Å²) in [5, 5.41) is 13.9. The van der Waals surface area contributed by atoms with Crippen LogP contribution in [0.15, 0.2) is 58.8 Å². The molecule has 9 nitrogen and oxygen atoms in total. The van der Waals surface area contributed by atoms with E-state index in [1.807, 2.05) is 0 Å². The summed E-state index contributed by atoms with van der Waals surface area (Å²) in [6.07, 6.45) is 2.80. The molecule has 0 aliphatic heterocycles. The zero-order chi connectivity index (χ0) is 24.1. The molecule has 2 rings (SSSR count). The molecular weight excluding hydrogens is 420 g/mol. The number of carbonyl (C=O) groups excluding carboxylic acids is 2. The average molecular weight is 456 g/mol. The molecule has 0 fully saturated rings. The van der Waals surface area contributed by atoms with Gasteiger partial charge in [-0.25, -0.2) is 4.79 Å². The van der Waals surface area contributed by atoms with Crippen molar-refractivity contribution in [2.75, 3.05) is 51.9 Å². The van der Waals surface area contributed by atoms with E-state index >= 15 is 0 Å². The standard InChI is InChI=1S/C24H34N6O3/c1-30(2,3)17-18-33-23(31)7-5-4-6-16-26-24(32)27-20-12-14-22(15-13-20)29-28-21-10-8-19(25)9-11-21/h8-15H,4-7,16-18H2,1-3H3,(H3-,25,26,27,28,29,32)/p+1. The Morgan fingerprint density at radius 1 is 0.909 bits per heavy atom. The number of nitrogen functional groups attached to an aromatic ring is 1. The third-order valence-corrected chi connectivity index (χ3v) is 4.67. The second-order valence-electron chi connectivity index (χ2n) is 8.76. The van der Waals surface area contributed by atoms with Gasteiger partial charge in [-0.15, -0.1) is 0 Å². The van der Waals surface area contributed by atoms with Crippen LogP contribution in [0.4, 0.5) is 27.5 Å². The molecule has 0 saturated heterocycles. The average Bonchev–Trinajstić information content (AvgIpc) is 2.76. The topological polar surface area (TPSA) is 118 Å². The van der Waals surface area contributed by atoms with Crippen molar-refractivity contribution >= 4 is 34.7 Å². The van der Waals surface area contributed by atoms with Gasteiger partial charge < -0.3 is 25.6 Å². The molecule has 2 aromatic carbocycles. The summed E-state index contributed by atoms with van der Waals surface area (Å²) >= 11 is 0. The summed E-state index contributed by atoms with van der Waals surface area (Å²) in [5.74, 6) is -0.161. The maximum atomic E-state index is 12.0. The summed E-state index contributed by atoms with van der Waals surface area (Å²) in [6.45, 7) is 1.77. The predicted octanol–water partition coefficient (Wildman–Crippen LogP) is 4.62. The van der Waals surface area contributed by atoms with E-state index in [1.54, 1.807) is 48.5 Å². The number of hydrogen-bond acceptors (Lipinski definition) is 6. The Kier molecular flexibility index (Phi) is 10.3. The van der Waals surface area contributed by atoms with Gasteiger partial charge in [-0.1, -0.05) is 6.42 Å². The largest absolute Gasteiger partial charge is 0.460 e. The SMILES string of the molecule is C[N+](C)(C)CCOC(=O)CCCCCNC(=O)Nc1ccc(N=Nc2ccc(N)cc2)cc1. The van der Waals surface area contributed by atoms with Crippen LogP contribution in [0.2, 0.25) is 0 Å². The number of nitrogens with zero attached hydrogens (tertiary/aromatic N) is 3. The van der Waals surface area contributed by atoms with Crippen LogP contribution in [0.5, 0.6) is 0 Å². The van der Waals surface area contributed by atoms with Crippen molar-refractivity contribution in [3.63, 3.8) is 0 Å². The molecule has 178 valence electrons. The summed E-state index contributed by atoms with van der Waals surface area (Å²) in [7, 11) is 6.17. The summed E-state index contributed by atoms with van der Waals surface area (Å²) in [5.41, 5.74) is 8.37. The van der Waals surface area contributed by atoms with Crippen molar-refractivity contribution in [3.8, 4) is 0 Å². The van der Waals surface area contributed by atoms with Crippen molar-refractivity contribution in [2.45, 2.75) is 25.7 Å². The highest BCUT2D eigenvalue weighted by Gasteiger charge is 2.09. The first-order valence-corrected chi connectivity index (χ1v) is 11.1. The minimum absolute atomic E-state index is 0.161. The zero-order valence-electron chi connectivity index (χ0n) is 19.7. The van der Waals surface area contributed by atoms with E-state index in [2.05, 4.69) is 42.0 Å². The number of quaternary nitrogens is 1. The fourth-order valence-corrected chi connectivity index (χ4v) is 2.72. The minimum atomic E-state index is -0.272. The summed E-state index contributed by atoms with van der Waals surface area (Å²) < 4.78 is 5.99. The molecule has 0 unspecified atom stereocenters. The molecule has 4 N–H and O–H groups in total. The maximum absolute atomic E-state index is 12.0. The van der Waals surface area contributed by atoms with E-state index in [1.165, 1.54) is 0 Å². The van der Waals surface area contributed by atoms with Crippen LogP contribution < -0.4 is 16.4 Å². The number of benzene rings is 2. The first-order valence-electron chi connectivity index (χ1n) is 11.1.